The fraction of sp³-hybridized carbons (Fsp3) is 0.533. The highest BCUT2D eigenvalue weighted by Gasteiger charge is 2.46. The first-order chi connectivity index (χ1) is 10.6. The molecule has 1 amide bonds. The molecule has 1 saturated carbocycles. The number of halogens is 3. The minimum Gasteiger partial charge on any atom is -0.349 e. The van der Waals surface area contributed by atoms with Crippen LogP contribution >= 0.6 is 0 Å². The van der Waals surface area contributed by atoms with Crippen molar-refractivity contribution in [1.29, 1.82) is 0 Å². The van der Waals surface area contributed by atoms with Gasteiger partial charge in [0.05, 0.1) is 10.8 Å². The molecule has 128 valence electrons. The van der Waals surface area contributed by atoms with Gasteiger partial charge in [0.2, 0.25) is 0 Å². The van der Waals surface area contributed by atoms with Crippen molar-refractivity contribution in [1.82, 2.24) is 5.32 Å². The van der Waals surface area contributed by atoms with Gasteiger partial charge in [-0.1, -0.05) is 18.9 Å². The number of nitrogens with one attached hydrogen (secondary N) is 1. The molecule has 0 aromatic heterocycles. The van der Waals surface area contributed by atoms with Crippen molar-refractivity contribution in [2.45, 2.75) is 42.8 Å². The average molecular weight is 349 g/mol. The molecule has 2 atom stereocenters. The van der Waals surface area contributed by atoms with Crippen LogP contribution in [0, 0.1) is 5.92 Å². The van der Waals surface area contributed by atoms with E-state index in [4.69, 9.17) is 0 Å². The number of sulfone groups is 1. The summed E-state index contributed by atoms with van der Waals surface area (Å²) in [5, 5.41) is 2.42. The Balaban J connectivity index is 2.18. The minimum atomic E-state index is -4.35. The van der Waals surface area contributed by atoms with Gasteiger partial charge < -0.3 is 5.32 Å². The lowest BCUT2D eigenvalue weighted by atomic mass is 9.84. The third kappa shape index (κ3) is 4.46. The van der Waals surface area contributed by atoms with E-state index in [1.165, 1.54) is 24.3 Å². The zero-order valence-electron chi connectivity index (χ0n) is 12.6. The summed E-state index contributed by atoms with van der Waals surface area (Å²) in [7, 11) is -3.49. The maximum atomic E-state index is 13.0. The number of alkyl halides is 3. The van der Waals surface area contributed by atoms with Crippen molar-refractivity contribution in [3.63, 3.8) is 0 Å². The van der Waals surface area contributed by atoms with E-state index in [1.54, 1.807) is 0 Å². The van der Waals surface area contributed by atoms with E-state index < -0.39 is 33.9 Å². The number of hydrogen-bond donors (Lipinski definition) is 1. The van der Waals surface area contributed by atoms with Gasteiger partial charge >= 0.3 is 6.18 Å². The summed E-state index contributed by atoms with van der Waals surface area (Å²) < 4.78 is 62.1. The normalized spacial score (nSPS) is 22.6. The van der Waals surface area contributed by atoms with Crippen molar-refractivity contribution in [3.05, 3.63) is 29.8 Å². The molecule has 0 bridgehead atoms. The maximum Gasteiger partial charge on any atom is 0.393 e. The highest BCUT2D eigenvalue weighted by molar-refractivity contribution is 7.90. The van der Waals surface area contributed by atoms with Crippen LogP contribution in [-0.4, -0.2) is 32.8 Å². The average Bonchev–Trinajstić information content (AvgIpc) is 2.46. The highest BCUT2D eigenvalue weighted by atomic mass is 32.2. The van der Waals surface area contributed by atoms with E-state index in [0.29, 0.717) is 12.8 Å². The summed E-state index contributed by atoms with van der Waals surface area (Å²) in [6.07, 6.45) is -1.97. The summed E-state index contributed by atoms with van der Waals surface area (Å²) in [6, 6.07) is 4.32. The Morgan fingerprint density at radius 2 is 1.87 bits per heavy atom. The molecule has 1 N–H and O–H groups in total. The quantitative estimate of drug-likeness (QED) is 0.913. The Bertz CT molecular complexity index is 685. The number of benzene rings is 1. The third-order valence-electron chi connectivity index (χ3n) is 4.03. The Kier molecular flexibility index (Phi) is 5.03. The van der Waals surface area contributed by atoms with Gasteiger partial charge in [0, 0.05) is 17.9 Å². The third-order valence-corrected chi connectivity index (χ3v) is 5.14. The van der Waals surface area contributed by atoms with Gasteiger partial charge in [-0.3, -0.25) is 4.79 Å². The molecule has 1 aromatic rings. The van der Waals surface area contributed by atoms with Crippen LogP contribution < -0.4 is 5.32 Å². The SMILES string of the molecule is CS(=O)(=O)c1cccc(C(=O)N[C@H]2CCCC[C@H]2C(F)(F)F)c1. The lowest BCUT2D eigenvalue weighted by Crippen LogP contribution is -2.47. The lowest BCUT2D eigenvalue weighted by Gasteiger charge is -2.33. The monoisotopic (exact) mass is 349 g/mol. The zero-order valence-corrected chi connectivity index (χ0v) is 13.4. The minimum absolute atomic E-state index is 0.00216. The Hall–Kier alpha value is -1.57. The van der Waals surface area contributed by atoms with E-state index in [0.717, 1.165) is 6.26 Å². The summed E-state index contributed by atoms with van der Waals surface area (Å²) >= 11 is 0. The summed E-state index contributed by atoms with van der Waals surface area (Å²) in [5.74, 6) is -2.24. The van der Waals surface area contributed by atoms with E-state index >= 15 is 0 Å². The predicted molar refractivity (Wildman–Crippen MR) is 78.8 cm³/mol. The highest BCUT2D eigenvalue weighted by Crippen LogP contribution is 2.37. The smallest absolute Gasteiger partial charge is 0.349 e. The van der Waals surface area contributed by atoms with Gasteiger partial charge in [-0.2, -0.15) is 13.2 Å². The summed E-state index contributed by atoms with van der Waals surface area (Å²) in [4.78, 5) is 12.2. The standard InChI is InChI=1S/C15H18F3NO3S/c1-23(21,22)11-6-4-5-10(9-11)14(20)19-13-8-3-2-7-12(13)15(16,17)18/h4-6,9,12-13H,2-3,7-8H2,1H3,(H,19,20)/t12-,13+/m1/s1. The number of rotatable bonds is 3. The van der Waals surface area contributed by atoms with Gasteiger partial charge in [-0.15, -0.1) is 0 Å². The first-order valence-electron chi connectivity index (χ1n) is 7.27. The molecule has 8 heteroatoms. The Morgan fingerprint density at radius 1 is 1.22 bits per heavy atom. The van der Waals surface area contributed by atoms with Crippen molar-refractivity contribution in [2.24, 2.45) is 5.92 Å². The van der Waals surface area contributed by atoms with Crippen LogP contribution in [0.4, 0.5) is 13.2 Å². The molecule has 0 unspecified atom stereocenters. The van der Waals surface area contributed by atoms with Crippen LogP contribution in [0.2, 0.25) is 0 Å². The second kappa shape index (κ2) is 6.51. The molecule has 23 heavy (non-hydrogen) atoms. The molecule has 0 saturated heterocycles. The van der Waals surface area contributed by atoms with Crippen LogP contribution in [0.25, 0.3) is 0 Å². The molecule has 0 spiro atoms. The van der Waals surface area contributed by atoms with Crippen molar-refractivity contribution < 1.29 is 26.4 Å². The summed E-state index contributed by atoms with van der Waals surface area (Å²) in [6.45, 7) is 0. The second-order valence-corrected chi connectivity index (χ2v) is 7.83. The number of carbonyl (C=O) groups excluding carboxylic acids is 1. The fourth-order valence-corrected chi connectivity index (χ4v) is 3.48. The predicted octanol–water partition coefficient (Wildman–Crippen LogP) is 2.94. The molecule has 1 aliphatic carbocycles. The van der Waals surface area contributed by atoms with Gasteiger partial charge in [-0.05, 0) is 31.0 Å². The number of amides is 1. The van der Waals surface area contributed by atoms with E-state index in [1.807, 2.05) is 0 Å². The van der Waals surface area contributed by atoms with Crippen LogP contribution in [-0.2, 0) is 9.84 Å². The first-order valence-corrected chi connectivity index (χ1v) is 9.16. The van der Waals surface area contributed by atoms with Gasteiger partial charge in [0.25, 0.3) is 5.91 Å². The van der Waals surface area contributed by atoms with Crippen LogP contribution in [0.5, 0.6) is 0 Å². The van der Waals surface area contributed by atoms with Gasteiger partial charge in [0.1, 0.15) is 0 Å². The van der Waals surface area contributed by atoms with Crippen LogP contribution in [0.3, 0.4) is 0 Å². The molecule has 4 nitrogen and oxygen atoms in total. The Morgan fingerprint density at radius 3 is 2.48 bits per heavy atom. The molecule has 1 fully saturated rings. The first kappa shape index (κ1) is 17.8. The molecular formula is C15H18F3NO3S. The van der Waals surface area contributed by atoms with Crippen LogP contribution in [0.15, 0.2) is 29.2 Å². The topological polar surface area (TPSA) is 63.2 Å². The van der Waals surface area contributed by atoms with Crippen molar-refractivity contribution in [2.75, 3.05) is 6.26 Å². The van der Waals surface area contributed by atoms with Gasteiger partial charge in [0.15, 0.2) is 9.84 Å². The molecule has 0 heterocycles. The van der Waals surface area contributed by atoms with Crippen molar-refractivity contribution in [3.8, 4) is 0 Å². The van der Waals surface area contributed by atoms with E-state index in [-0.39, 0.29) is 23.3 Å². The van der Waals surface area contributed by atoms with Crippen molar-refractivity contribution >= 4 is 15.7 Å². The summed E-state index contributed by atoms with van der Waals surface area (Å²) in [5.41, 5.74) is 0.0411. The zero-order chi connectivity index (χ0) is 17.3. The van der Waals surface area contributed by atoms with Gasteiger partial charge in [-0.25, -0.2) is 8.42 Å². The molecule has 0 radical (unpaired) electrons. The fourth-order valence-electron chi connectivity index (χ4n) is 2.82. The largest absolute Gasteiger partial charge is 0.393 e. The van der Waals surface area contributed by atoms with Crippen LogP contribution in [0.1, 0.15) is 36.0 Å². The molecule has 2 rings (SSSR count). The molecule has 1 aliphatic rings. The van der Waals surface area contributed by atoms with E-state index in [9.17, 15) is 26.4 Å². The maximum absolute atomic E-state index is 13.0. The molecular weight excluding hydrogens is 331 g/mol. The number of hydrogen-bond acceptors (Lipinski definition) is 3. The Labute approximate surface area is 133 Å². The number of carbonyl (C=O) groups is 1. The van der Waals surface area contributed by atoms with E-state index in [2.05, 4.69) is 5.32 Å². The molecule has 0 aliphatic heterocycles. The molecule has 1 aromatic carbocycles. The lowest BCUT2D eigenvalue weighted by molar-refractivity contribution is -0.187. The second-order valence-electron chi connectivity index (χ2n) is 5.81.